The first-order valence-electron chi connectivity index (χ1n) is 9.26. The summed E-state index contributed by atoms with van der Waals surface area (Å²) in [6, 6.07) is 0. The Morgan fingerprint density at radius 3 is 2.16 bits per heavy atom. The third-order valence-electron chi connectivity index (χ3n) is 5.23. The fourth-order valence-corrected chi connectivity index (χ4v) is 6.95. The van der Waals surface area contributed by atoms with Crippen molar-refractivity contribution in [2.24, 2.45) is 0 Å². The van der Waals surface area contributed by atoms with Gasteiger partial charge in [-0.3, -0.25) is 4.90 Å². The van der Waals surface area contributed by atoms with E-state index >= 15 is 0 Å². The molecule has 2 fully saturated rings. The Morgan fingerprint density at radius 1 is 0.920 bits per heavy atom. The van der Waals surface area contributed by atoms with Crippen molar-refractivity contribution >= 4 is 19.9 Å². The summed E-state index contributed by atoms with van der Waals surface area (Å²) in [4.78, 5) is 2.07. The standard InChI is InChI=1S/C16H32N2O5S2/c1-23-13-5-14-25(21,22)18-10-8-17(9-11-18)12-15-24(19,20)16-6-3-2-4-7-16/h16H,2-15H2,1H3. The average Bonchev–Trinajstić information content (AvgIpc) is 2.61. The maximum atomic E-state index is 12.5. The molecule has 2 aliphatic rings. The zero-order valence-electron chi connectivity index (χ0n) is 15.2. The van der Waals surface area contributed by atoms with Gasteiger partial charge in [0.15, 0.2) is 9.84 Å². The highest BCUT2D eigenvalue weighted by molar-refractivity contribution is 7.92. The smallest absolute Gasteiger partial charge is 0.214 e. The molecule has 0 atom stereocenters. The van der Waals surface area contributed by atoms with Crippen molar-refractivity contribution < 1.29 is 21.6 Å². The molecule has 25 heavy (non-hydrogen) atoms. The van der Waals surface area contributed by atoms with Crippen LogP contribution in [0.4, 0.5) is 0 Å². The second kappa shape index (κ2) is 9.64. The van der Waals surface area contributed by atoms with Crippen LogP contribution in [0.1, 0.15) is 38.5 Å². The van der Waals surface area contributed by atoms with Gasteiger partial charge >= 0.3 is 0 Å². The SMILES string of the molecule is COCCCS(=O)(=O)N1CCN(CCS(=O)(=O)C2CCCCC2)CC1. The van der Waals surface area contributed by atoms with Crippen molar-refractivity contribution in [2.45, 2.75) is 43.8 Å². The summed E-state index contributed by atoms with van der Waals surface area (Å²) in [6.07, 6.45) is 5.28. The summed E-state index contributed by atoms with van der Waals surface area (Å²) in [5.41, 5.74) is 0. The van der Waals surface area contributed by atoms with Gasteiger partial charge in [0.25, 0.3) is 0 Å². The summed E-state index contributed by atoms with van der Waals surface area (Å²) >= 11 is 0. The zero-order valence-corrected chi connectivity index (χ0v) is 16.9. The van der Waals surface area contributed by atoms with Gasteiger partial charge < -0.3 is 4.74 Å². The molecule has 9 heteroatoms. The minimum absolute atomic E-state index is 0.108. The van der Waals surface area contributed by atoms with Gasteiger partial charge in [-0.1, -0.05) is 19.3 Å². The Morgan fingerprint density at radius 2 is 1.56 bits per heavy atom. The molecule has 0 bridgehead atoms. The summed E-state index contributed by atoms with van der Waals surface area (Å²) in [6.45, 7) is 3.04. The highest BCUT2D eigenvalue weighted by Crippen LogP contribution is 2.24. The van der Waals surface area contributed by atoms with E-state index in [0.717, 1.165) is 32.1 Å². The van der Waals surface area contributed by atoms with Crippen LogP contribution < -0.4 is 0 Å². The van der Waals surface area contributed by atoms with Crippen molar-refractivity contribution in [1.82, 2.24) is 9.21 Å². The van der Waals surface area contributed by atoms with Crippen LogP contribution in [-0.2, 0) is 24.6 Å². The fraction of sp³-hybridized carbons (Fsp3) is 1.00. The molecule has 0 aromatic rings. The van der Waals surface area contributed by atoms with Gasteiger partial charge in [-0.2, -0.15) is 4.31 Å². The van der Waals surface area contributed by atoms with E-state index in [1.165, 1.54) is 4.31 Å². The van der Waals surface area contributed by atoms with Gasteiger partial charge in [-0.05, 0) is 19.3 Å². The predicted molar refractivity (Wildman–Crippen MR) is 99.0 cm³/mol. The Balaban J connectivity index is 1.74. The lowest BCUT2D eigenvalue weighted by atomic mass is 10.0. The number of hydrogen-bond donors (Lipinski definition) is 0. The van der Waals surface area contributed by atoms with E-state index in [1.54, 1.807) is 7.11 Å². The van der Waals surface area contributed by atoms with Crippen molar-refractivity contribution in [1.29, 1.82) is 0 Å². The molecule has 1 aliphatic heterocycles. The molecule has 0 amide bonds. The average molecular weight is 397 g/mol. The molecular weight excluding hydrogens is 364 g/mol. The number of methoxy groups -OCH3 is 1. The Labute approximate surface area is 152 Å². The number of sulfonamides is 1. The zero-order chi connectivity index (χ0) is 18.3. The monoisotopic (exact) mass is 396 g/mol. The van der Waals surface area contributed by atoms with Gasteiger partial charge in [-0.15, -0.1) is 0 Å². The molecule has 1 aliphatic carbocycles. The number of ether oxygens (including phenoxy) is 1. The molecule has 0 radical (unpaired) electrons. The largest absolute Gasteiger partial charge is 0.385 e. The number of hydrogen-bond acceptors (Lipinski definition) is 6. The minimum atomic E-state index is -3.23. The highest BCUT2D eigenvalue weighted by Gasteiger charge is 2.30. The Kier molecular flexibility index (Phi) is 8.13. The molecule has 7 nitrogen and oxygen atoms in total. The van der Waals surface area contributed by atoms with Crippen LogP contribution in [0.15, 0.2) is 0 Å². The second-order valence-electron chi connectivity index (χ2n) is 7.03. The molecular formula is C16H32N2O5S2. The Hall–Kier alpha value is -0.220. The lowest BCUT2D eigenvalue weighted by Crippen LogP contribution is -2.50. The quantitative estimate of drug-likeness (QED) is 0.534. The van der Waals surface area contributed by atoms with Crippen LogP contribution in [0, 0.1) is 0 Å². The predicted octanol–water partition coefficient (Wildman–Crippen LogP) is 0.718. The van der Waals surface area contributed by atoms with Crippen LogP contribution in [0.5, 0.6) is 0 Å². The second-order valence-corrected chi connectivity index (χ2v) is 11.5. The van der Waals surface area contributed by atoms with E-state index in [2.05, 4.69) is 4.90 Å². The highest BCUT2D eigenvalue weighted by atomic mass is 32.2. The molecule has 1 heterocycles. The summed E-state index contributed by atoms with van der Waals surface area (Å²) in [7, 11) is -4.70. The van der Waals surface area contributed by atoms with Gasteiger partial charge in [0.05, 0.1) is 16.8 Å². The van der Waals surface area contributed by atoms with E-state index in [1.807, 2.05) is 0 Å². The first kappa shape index (κ1) is 21.1. The molecule has 0 aromatic heterocycles. The van der Waals surface area contributed by atoms with E-state index in [-0.39, 0.29) is 16.8 Å². The van der Waals surface area contributed by atoms with Crippen LogP contribution in [0.3, 0.4) is 0 Å². The van der Waals surface area contributed by atoms with Gasteiger partial charge in [-0.25, -0.2) is 16.8 Å². The maximum Gasteiger partial charge on any atom is 0.214 e. The van der Waals surface area contributed by atoms with Crippen molar-refractivity contribution in [3.05, 3.63) is 0 Å². The van der Waals surface area contributed by atoms with Crippen LogP contribution in [0.25, 0.3) is 0 Å². The van der Waals surface area contributed by atoms with E-state index in [4.69, 9.17) is 4.74 Å². The lowest BCUT2D eigenvalue weighted by molar-refractivity contribution is 0.191. The van der Waals surface area contributed by atoms with Crippen molar-refractivity contribution in [3.63, 3.8) is 0 Å². The molecule has 1 saturated carbocycles. The van der Waals surface area contributed by atoms with Crippen LogP contribution >= 0.6 is 0 Å². The number of sulfone groups is 1. The van der Waals surface area contributed by atoms with Crippen molar-refractivity contribution in [3.8, 4) is 0 Å². The first-order valence-corrected chi connectivity index (χ1v) is 12.6. The number of rotatable bonds is 9. The normalized spacial score (nSPS) is 22.3. The third kappa shape index (κ3) is 6.46. The number of nitrogens with zero attached hydrogens (tertiary/aromatic N) is 2. The fourth-order valence-electron chi connectivity index (χ4n) is 3.59. The van der Waals surface area contributed by atoms with Crippen LogP contribution in [-0.4, -0.2) is 89.2 Å². The van der Waals surface area contributed by atoms with Gasteiger partial charge in [0.1, 0.15) is 0 Å². The van der Waals surface area contributed by atoms with E-state index in [0.29, 0.717) is 45.8 Å². The van der Waals surface area contributed by atoms with Gasteiger partial charge in [0, 0.05) is 46.4 Å². The summed E-state index contributed by atoms with van der Waals surface area (Å²) in [5, 5.41) is -0.163. The van der Waals surface area contributed by atoms with E-state index < -0.39 is 19.9 Å². The van der Waals surface area contributed by atoms with E-state index in [9.17, 15) is 16.8 Å². The van der Waals surface area contributed by atoms with Gasteiger partial charge in [0.2, 0.25) is 10.0 Å². The molecule has 1 saturated heterocycles. The minimum Gasteiger partial charge on any atom is -0.385 e. The summed E-state index contributed by atoms with van der Waals surface area (Å²) in [5.74, 6) is 0.301. The maximum absolute atomic E-state index is 12.5. The van der Waals surface area contributed by atoms with Crippen LogP contribution in [0.2, 0.25) is 0 Å². The molecule has 0 spiro atoms. The third-order valence-corrected chi connectivity index (χ3v) is 9.42. The molecule has 0 N–H and O–H groups in total. The first-order chi connectivity index (χ1) is 11.8. The van der Waals surface area contributed by atoms with Crippen molar-refractivity contribution in [2.75, 3.05) is 57.9 Å². The molecule has 0 unspecified atom stereocenters. The Bertz CT molecular complexity index is 592. The molecule has 148 valence electrons. The lowest BCUT2D eigenvalue weighted by Gasteiger charge is -2.34. The summed E-state index contributed by atoms with van der Waals surface area (Å²) < 4.78 is 55.8. The molecule has 2 rings (SSSR count). The molecule has 0 aromatic carbocycles. The number of piperazine rings is 1. The topological polar surface area (TPSA) is 84.0 Å².